The highest BCUT2D eigenvalue weighted by molar-refractivity contribution is 5.93. The normalized spacial score (nSPS) is 11.7. The Balaban J connectivity index is 3.06. The lowest BCUT2D eigenvalue weighted by Gasteiger charge is -2.08. The molecule has 22 heavy (non-hydrogen) atoms. The average molecular weight is 296 g/mol. The van der Waals surface area contributed by atoms with Crippen LogP contribution in [0.4, 0.5) is 5.69 Å². The lowest BCUT2D eigenvalue weighted by atomic mass is 10.1. The van der Waals surface area contributed by atoms with Crippen LogP contribution in [0.3, 0.4) is 0 Å². The molecule has 0 saturated carbocycles. The molecule has 0 heterocycles. The molecule has 6 heteroatoms. The van der Waals surface area contributed by atoms with Gasteiger partial charge in [0, 0.05) is 5.69 Å². The monoisotopic (exact) mass is 296 g/mol. The summed E-state index contributed by atoms with van der Waals surface area (Å²) in [6.07, 6.45) is 1.11. The van der Waals surface area contributed by atoms with Crippen molar-refractivity contribution in [2.45, 2.75) is 13.8 Å². The lowest BCUT2D eigenvalue weighted by molar-refractivity contribution is -0.138. The van der Waals surface area contributed by atoms with Crippen molar-refractivity contribution in [1.82, 2.24) is 0 Å². The van der Waals surface area contributed by atoms with Crippen molar-refractivity contribution < 1.29 is 9.53 Å². The highest BCUT2D eigenvalue weighted by Crippen LogP contribution is 2.13. The smallest absolute Gasteiger partial charge is 0.348 e. The van der Waals surface area contributed by atoms with Crippen LogP contribution in [0.1, 0.15) is 12.5 Å². The van der Waals surface area contributed by atoms with Crippen molar-refractivity contribution >= 4 is 11.7 Å². The second-order valence-electron chi connectivity index (χ2n) is 4.32. The van der Waals surface area contributed by atoms with Gasteiger partial charge in [0.15, 0.2) is 0 Å². The maximum Gasteiger partial charge on any atom is 0.348 e. The van der Waals surface area contributed by atoms with E-state index in [1.807, 2.05) is 25.1 Å². The van der Waals surface area contributed by atoms with Crippen molar-refractivity contribution in [3.05, 3.63) is 52.9 Å². The van der Waals surface area contributed by atoms with E-state index in [1.165, 1.54) is 0 Å². The summed E-state index contributed by atoms with van der Waals surface area (Å²) in [6, 6.07) is 10.9. The minimum atomic E-state index is -0.791. The molecular formula is C16H16N4O2. The first-order chi connectivity index (χ1) is 10.5. The van der Waals surface area contributed by atoms with Crippen molar-refractivity contribution in [3.63, 3.8) is 0 Å². The van der Waals surface area contributed by atoms with E-state index in [0.29, 0.717) is 5.69 Å². The van der Waals surface area contributed by atoms with E-state index < -0.39 is 5.97 Å². The molecule has 0 aliphatic carbocycles. The Bertz CT molecular complexity index is 688. The number of nitriles is 2. The summed E-state index contributed by atoms with van der Waals surface area (Å²) in [4.78, 5) is 11.5. The Morgan fingerprint density at radius 1 is 1.32 bits per heavy atom. The van der Waals surface area contributed by atoms with Crippen molar-refractivity contribution in [1.29, 1.82) is 10.5 Å². The first kappa shape index (κ1) is 16.8. The molecule has 0 amide bonds. The Kier molecular flexibility index (Phi) is 6.21. The summed E-state index contributed by atoms with van der Waals surface area (Å²) in [7, 11) is 0. The summed E-state index contributed by atoms with van der Waals surface area (Å²) in [5.41, 5.74) is 7.29. The number of rotatable bonds is 5. The molecule has 1 aromatic carbocycles. The number of nitrogens with zero attached hydrogens (tertiary/aromatic N) is 2. The second-order valence-corrected chi connectivity index (χ2v) is 4.32. The van der Waals surface area contributed by atoms with E-state index in [0.717, 1.165) is 11.6 Å². The Morgan fingerprint density at radius 2 is 1.95 bits per heavy atom. The number of allylic oxidation sites excluding steroid dienone is 2. The van der Waals surface area contributed by atoms with Gasteiger partial charge < -0.3 is 15.8 Å². The van der Waals surface area contributed by atoms with Crippen LogP contribution in [0.2, 0.25) is 0 Å². The second kappa shape index (κ2) is 8.13. The molecule has 0 aromatic heterocycles. The van der Waals surface area contributed by atoms with Crippen LogP contribution in [0.15, 0.2) is 47.3 Å². The largest absolute Gasteiger partial charge is 0.462 e. The Labute approximate surface area is 129 Å². The molecule has 6 nitrogen and oxygen atoms in total. The minimum Gasteiger partial charge on any atom is -0.462 e. The zero-order valence-electron chi connectivity index (χ0n) is 12.4. The number of ether oxygens (including phenoxy) is 1. The fourth-order valence-electron chi connectivity index (χ4n) is 1.52. The van der Waals surface area contributed by atoms with E-state index >= 15 is 0 Å². The maximum absolute atomic E-state index is 11.5. The highest BCUT2D eigenvalue weighted by Gasteiger charge is 2.12. The van der Waals surface area contributed by atoms with Crippen molar-refractivity contribution in [2.24, 2.45) is 5.73 Å². The summed E-state index contributed by atoms with van der Waals surface area (Å²) in [6.45, 7) is 3.72. The number of hydrogen-bond donors (Lipinski definition) is 2. The quantitative estimate of drug-likeness (QED) is 0.372. The number of carbonyl (C=O) groups excluding carboxylic acids is 1. The third-order valence-electron chi connectivity index (χ3n) is 2.65. The van der Waals surface area contributed by atoms with E-state index in [2.05, 4.69) is 5.32 Å². The topological polar surface area (TPSA) is 112 Å². The van der Waals surface area contributed by atoms with Gasteiger partial charge in [0.05, 0.1) is 12.2 Å². The molecule has 1 rings (SSSR count). The first-order valence-electron chi connectivity index (χ1n) is 6.54. The summed E-state index contributed by atoms with van der Waals surface area (Å²) >= 11 is 0. The molecular weight excluding hydrogens is 280 g/mol. The van der Waals surface area contributed by atoms with Crippen LogP contribution in [-0.2, 0) is 9.53 Å². The molecule has 0 aliphatic rings. The van der Waals surface area contributed by atoms with Crippen LogP contribution in [0.25, 0.3) is 0 Å². The number of benzene rings is 1. The predicted molar refractivity (Wildman–Crippen MR) is 82.0 cm³/mol. The predicted octanol–water partition coefficient (Wildman–Crippen LogP) is 2.11. The van der Waals surface area contributed by atoms with Gasteiger partial charge in [-0.1, -0.05) is 17.7 Å². The third kappa shape index (κ3) is 4.69. The van der Waals surface area contributed by atoms with Crippen molar-refractivity contribution in [3.8, 4) is 12.1 Å². The van der Waals surface area contributed by atoms with Gasteiger partial charge in [-0.3, -0.25) is 0 Å². The van der Waals surface area contributed by atoms with Crippen LogP contribution in [-0.4, -0.2) is 12.6 Å². The first-order valence-corrected chi connectivity index (χ1v) is 6.54. The van der Waals surface area contributed by atoms with Gasteiger partial charge in [-0.05, 0) is 32.1 Å². The maximum atomic E-state index is 11.5. The zero-order valence-corrected chi connectivity index (χ0v) is 12.4. The number of hydrogen-bond acceptors (Lipinski definition) is 6. The van der Waals surface area contributed by atoms with Crippen LogP contribution in [0, 0.1) is 29.6 Å². The number of aryl methyl sites for hydroxylation is 1. The van der Waals surface area contributed by atoms with Gasteiger partial charge in [0.1, 0.15) is 23.5 Å². The number of carbonyl (C=O) groups is 1. The third-order valence-corrected chi connectivity index (χ3v) is 2.65. The molecule has 0 spiro atoms. The molecule has 0 saturated heterocycles. The zero-order chi connectivity index (χ0) is 16.5. The summed E-state index contributed by atoms with van der Waals surface area (Å²) in [5, 5.41) is 20.9. The van der Waals surface area contributed by atoms with Crippen LogP contribution < -0.4 is 11.1 Å². The molecule has 112 valence electrons. The molecule has 0 aliphatic heterocycles. The van der Waals surface area contributed by atoms with Gasteiger partial charge >= 0.3 is 5.97 Å². The molecule has 0 atom stereocenters. The van der Waals surface area contributed by atoms with E-state index in [9.17, 15) is 4.79 Å². The molecule has 0 radical (unpaired) electrons. The van der Waals surface area contributed by atoms with Gasteiger partial charge in [0.2, 0.25) is 0 Å². The van der Waals surface area contributed by atoms with E-state index in [-0.39, 0.29) is 23.6 Å². The Morgan fingerprint density at radius 3 is 2.45 bits per heavy atom. The number of anilines is 1. The Hall–Kier alpha value is -3.25. The molecule has 0 fully saturated rings. The number of nitrogens with two attached hydrogens (primary N) is 1. The summed E-state index contributed by atoms with van der Waals surface area (Å²) in [5.74, 6) is -0.746. The number of esters is 1. The van der Waals surface area contributed by atoms with E-state index in [1.54, 1.807) is 25.1 Å². The lowest BCUT2D eigenvalue weighted by Crippen LogP contribution is -2.13. The molecule has 1 aromatic rings. The van der Waals surface area contributed by atoms with Gasteiger partial charge in [-0.15, -0.1) is 0 Å². The average Bonchev–Trinajstić information content (AvgIpc) is 2.50. The summed E-state index contributed by atoms with van der Waals surface area (Å²) < 4.78 is 4.73. The van der Waals surface area contributed by atoms with Gasteiger partial charge in [-0.25, -0.2) is 4.79 Å². The SMILES string of the molecule is CCOC(=O)/C(C#N)=C/C(C#N)=C(/N)Nc1ccc(C)cc1. The number of nitrogens with one attached hydrogen (secondary N) is 1. The van der Waals surface area contributed by atoms with Crippen LogP contribution in [0.5, 0.6) is 0 Å². The van der Waals surface area contributed by atoms with Crippen LogP contribution >= 0.6 is 0 Å². The molecule has 0 unspecified atom stereocenters. The fourth-order valence-corrected chi connectivity index (χ4v) is 1.52. The fraction of sp³-hybridized carbons (Fsp3) is 0.188. The van der Waals surface area contributed by atoms with Gasteiger partial charge in [-0.2, -0.15) is 10.5 Å². The molecule has 3 N–H and O–H groups in total. The standard InChI is InChI=1S/C16H16N4O2/c1-3-22-16(21)13(10-18)8-12(9-17)15(19)20-14-6-4-11(2)5-7-14/h4-8,20H,3,19H2,1-2H3/b13-8+,15-12+. The van der Waals surface area contributed by atoms with E-state index in [4.69, 9.17) is 21.0 Å². The molecule has 0 bridgehead atoms. The van der Waals surface area contributed by atoms with Crippen molar-refractivity contribution in [2.75, 3.05) is 11.9 Å². The highest BCUT2D eigenvalue weighted by atomic mass is 16.5. The minimum absolute atomic E-state index is 0.0230. The van der Waals surface area contributed by atoms with Gasteiger partial charge in [0.25, 0.3) is 0 Å².